The molecule has 1 fully saturated rings. The summed E-state index contributed by atoms with van der Waals surface area (Å²) in [5, 5.41) is 10.9. The molecule has 7 nitrogen and oxygen atoms in total. The number of allylic oxidation sites excluding steroid dienone is 2. The van der Waals surface area contributed by atoms with E-state index < -0.39 is 0 Å². The molecule has 8 heteroatoms. The number of aromatic nitrogens is 2. The summed E-state index contributed by atoms with van der Waals surface area (Å²) in [6.07, 6.45) is 12.3. The zero-order valence-electron chi connectivity index (χ0n) is 19.9. The van der Waals surface area contributed by atoms with Crippen LogP contribution in [0.4, 0.5) is 0 Å². The third kappa shape index (κ3) is 5.86. The van der Waals surface area contributed by atoms with Gasteiger partial charge >= 0.3 is 0 Å². The molecule has 1 aliphatic heterocycles. The van der Waals surface area contributed by atoms with Gasteiger partial charge in [-0.1, -0.05) is 37.6 Å². The monoisotopic (exact) mass is 522 g/mol. The Kier molecular flexibility index (Phi) is 7.67. The van der Waals surface area contributed by atoms with Gasteiger partial charge in [-0.05, 0) is 65.9 Å². The number of nitrogens with zero attached hydrogens (tertiary/aromatic N) is 4. The number of nitrogens with one attached hydrogen (secondary N) is 2. The van der Waals surface area contributed by atoms with E-state index in [-0.39, 0.29) is 5.91 Å². The van der Waals surface area contributed by atoms with Gasteiger partial charge in [0.05, 0.1) is 17.9 Å². The number of unbranched alkanes of at least 4 members (excludes halogenated alkanes) is 1. The van der Waals surface area contributed by atoms with Crippen molar-refractivity contribution in [1.29, 1.82) is 0 Å². The highest BCUT2D eigenvalue weighted by Crippen LogP contribution is 2.30. The molecular weight excluding hydrogens is 492 g/mol. The first kappa shape index (κ1) is 24.0. The highest BCUT2D eigenvalue weighted by atomic mass is 79.9. The topological polar surface area (TPSA) is 74.6 Å². The fourth-order valence-electron chi connectivity index (χ4n) is 3.74. The normalized spacial score (nSPS) is 18.8. The molecule has 1 aromatic carbocycles. The molecule has 178 valence electrons. The van der Waals surface area contributed by atoms with Crippen LogP contribution >= 0.6 is 15.9 Å². The Hall–Kier alpha value is -3.13. The fraction of sp³-hybridized carbons (Fsp3) is 0.346. The molecule has 34 heavy (non-hydrogen) atoms. The second-order valence-corrected chi connectivity index (χ2v) is 9.35. The number of rotatable bonds is 8. The number of carbonyl (C=O) groups is 1. The molecule has 1 aliphatic carbocycles. The molecule has 0 atom stereocenters. The van der Waals surface area contributed by atoms with Crippen molar-refractivity contribution in [2.24, 2.45) is 12.0 Å². The highest BCUT2D eigenvalue weighted by molar-refractivity contribution is 9.11. The Morgan fingerprint density at radius 2 is 2.00 bits per heavy atom. The van der Waals surface area contributed by atoms with Gasteiger partial charge in [-0.25, -0.2) is 0 Å². The maximum atomic E-state index is 12.4. The van der Waals surface area contributed by atoms with Crippen LogP contribution in [0.1, 0.15) is 61.1 Å². The first-order valence-electron chi connectivity index (χ1n) is 11.7. The smallest absolute Gasteiger partial charge is 0.251 e. The number of hydrogen-bond donors (Lipinski definition) is 2. The van der Waals surface area contributed by atoms with Crippen molar-refractivity contribution in [3.63, 3.8) is 0 Å². The standard InChI is InChI=1S/C26H31BrN6O/c1-4-6-7-23-25(28-16-21-14-15-32(3)31-21)30-24(27)17-33(23)22(5-2)18-8-10-19(11-9-18)26(34)29-20-12-13-20/h5,7-11,14-15,17,20H,4,6,12-13,16H2,1-3H3,(H,28,30)(H,29,34)/b22-5-,23-7+. The van der Waals surface area contributed by atoms with Crippen LogP contribution in [0, 0.1) is 0 Å². The lowest BCUT2D eigenvalue weighted by Crippen LogP contribution is -2.36. The van der Waals surface area contributed by atoms with E-state index in [4.69, 9.17) is 4.99 Å². The summed E-state index contributed by atoms with van der Waals surface area (Å²) in [5.74, 6) is 0.779. The van der Waals surface area contributed by atoms with E-state index in [1.54, 1.807) is 4.68 Å². The molecule has 1 aromatic heterocycles. The molecule has 0 spiro atoms. The Balaban J connectivity index is 1.62. The first-order valence-corrected chi connectivity index (χ1v) is 12.5. The van der Waals surface area contributed by atoms with Gasteiger partial charge in [0.1, 0.15) is 4.61 Å². The van der Waals surface area contributed by atoms with Crippen LogP contribution < -0.4 is 10.6 Å². The maximum absolute atomic E-state index is 12.4. The van der Waals surface area contributed by atoms with Crippen LogP contribution in [0.5, 0.6) is 0 Å². The Labute approximate surface area is 209 Å². The number of amides is 1. The minimum atomic E-state index is -0.00615. The Bertz CT molecular complexity index is 1150. The molecule has 0 bridgehead atoms. The van der Waals surface area contributed by atoms with Gasteiger partial charge in [0.25, 0.3) is 5.91 Å². The maximum Gasteiger partial charge on any atom is 0.251 e. The fourth-order valence-corrected chi connectivity index (χ4v) is 4.14. The predicted molar refractivity (Wildman–Crippen MR) is 140 cm³/mol. The molecule has 0 radical (unpaired) electrons. The third-order valence-electron chi connectivity index (χ3n) is 5.67. The molecule has 1 amide bonds. The summed E-state index contributed by atoms with van der Waals surface area (Å²) in [6, 6.07) is 10.1. The number of aliphatic imine (C=N–C) groups is 1. The van der Waals surface area contributed by atoms with Crippen molar-refractivity contribution in [2.75, 3.05) is 0 Å². The van der Waals surface area contributed by atoms with Crippen LogP contribution in [-0.2, 0) is 13.6 Å². The van der Waals surface area contributed by atoms with E-state index in [0.717, 1.165) is 58.8 Å². The number of carbonyl (C=O) groups excluding carboxylic acids is 1. The lowest BCUT2D eigenvalue weighted by molar-refractivity contribution is 0.0951. The van der Waals surface area contributed by atoms with Gasteiger partial charge in [0.2, 0.25) is 0 Å². The van der Waals surface area contributed by atoms with E-state index in [1.807, 2.05) is 56.7 Å². The van der Waals surface area contributed by atoms with E-state index in [1.165, 1.54) is 0 Å². The van der Waals surface area contributed by atoms with Crippen molar-refractivity contribution in [3.05, 3.63) is 82.0 Å². The van der Waals surface area contributed by atoms with Gasteiger partial charge in [-0.2, -0.15) is 5.10 Å². The minimum absolute atomic E-state index is 0.00615. The highest BCUT2D eigenvalue weighted by Gasteiger charge is 2.25. The van der Waals surface area contributed by atoms with Crippen molar-refractivity contribution in [3.8, 4) is 0 Å². The summed E-state index contributed by atoms with van der Waals surface area (Å²) in [4.78, 5) is 19.4. The summed E-state index contributed by atoms with van der Waals surface area (Å²) < 4.78 is 2.60. The molecule has 0 unspecified atom stereocenters. The van der Waals surface area contributed by atoms with Gasteiger partial charge in [0.15, 0.2) is 5.84 Å². The zero-order valence-corrected chi connectivity index (χ0v) is 21.5. The molecule has 0 saturated heterocycles. The third-order valence-corrected chi connectivity index (χ3v) is 6.07. The number of halogens is 1. The van der Waals surface area contributed by atoms with Crippen molar-refractivity contribution in [1.82, 2.24) is 25.3 Å². The van der Waals surface area contributed by atoms with Gasteiger partial charge in [0, 0.05) is 36.7 Å². The van der Waals surface area contributed by atoms with E-state index in [2.05, 4.69) is 55.6 Å². The molecule has 2 N–H and O–H groups in total. The number of aryl methyl sites for hydroxylation is 1. The second-order valence-electron chi connectivity index (χ2n) is 8.49. The summed E-state index contributed by atoms with van der Waals surface area (Å²) >= 11 is 3.63. The summed E-state index contributed by atoms with van der Waals surface area (Å²) in [5.41, 5.74) is 4.62. The van der Waals surface area contributed by atoms with Crippen LogP contribution in [0.15, 0.2) is 70.2 Å². The lowest BCUT2D eigenvalue weighted by Gasteiger charge is -2.32. The molecular formula is C26H31BrN6O. The van der Waals surface area contributed by atoms with E-state index in [9.17, 15) is 4.79 Å². The summed E-state index contributed by atoms with van der Waals surface area (Å²) in [7, 11) is 1.91. The average molecular weight is 523 g/mol. The van der Waals surface area contributed by atoms with Gasteiger partial charge < -0.3 is 15.5 Å². The molecule has 4 rings (SSSR count). The predicted octanol–water partition coefficient (Wildman–Crippen LogP) is 5.05. The van der Waals surface area contributed by atoms with Crippen molar-refractivity contribution in [2.45, 2.75) is 52.1 Å². The van der Waals surface area contributed by atoms with Crippen LogP contribution in [0.3, 0.4) is 0 Å². The largest absolute Gasteiger partial charge is 0.349 e. The zero-order chi connectivity index (χ0) is 24.1. The molecule has 1 saturated carbocycles. The average Bonchev–Trinajstić information content (AvgIpc) is 3.55. The van der Waals surface area contributed by atoms with Gasteiger partial charge in [-0.15, -0.1) is 0 Å². The lowest BCUT2D eigenvalue weighted by atomic mass is 10.1. The quantitative estimate of drug-likeness (QED) is 0.475. The molecule has 2 aromatic rings. The Morgan fingerprint density at radius 1 is 1.26 bits per heavy atom. The number of benzene rings is 1. The Morgan fingerprint density at radius 3 is 2.62 bits per heavy atom. The molecule has 2 heterocycles. The van der Waals surface area contributed by atoms with Gasteiger partial charge in [-0.3, -0.25) is 14.5 Å². The van der Waals surface area contributed by atoms with E-state index in [0.29, 0.717) is 18.2 Å². The minimum Gasteiger partial charge on any atom is -0.349 e. The number of amidine groups is 1. The van der Waals surface area contributed by atoms with Crippen molar-refractivity contribution >= 4 is 33.4 Å². The SMILES string of the molecule is C/C=C(/c1ccc(C(=O)NC2CC2)cc1)N1C=C(Br)NC(=NCc2ccn(C)n2)/C1=C\CCC. The van der Waals surface area contributed by atoms with Crippen LogP contribution in [0.2, 0.25) is 0 Å². The number of hydrogen-bond acceptors (Lipinski definition) is 4. The molecule has 2 aliphatic rings. The van der Waals surface area contributed by atoms with Crippen molar-refractivity contribution < 1.29 is 4.79 Å². The first-order chi connectivity index (χ1) is 16.5. The van der Waals surface area contributed by atoms with Crippen LogP contribution in [-0.4, -0.2) is 32.5 Å². The van der Waals surface area contributed by atoms with E-state index >= 15 is 0 Å². The van der Waals surface area contributed by atoms with Crippen LogP contribution in [0.25, 0.3) is 5.70 Å². The summed E-state index contributed by atoms with van der Waals surface area (Å²) in [6.45, 7) is 4.67. The second kappa shape index (κ2) is 10.9.